The van der Waals surface area contributed by atoms with Gasteiger partial charge >= 0.3 is 0 Å². The number of carbonyl (C=O) groups is 1. The summed E-state index contributed by atoms with van der Waals surface area (Å²) in [6.45, 7) is 5.58. The maximum atomic E-state index is 12.4. The first kappa shape index (κ1) is 15.8. The van der Waals surface area contributed by atoms with Gasteiger partial charge in [-0.15, -0.1) is 0 Å². The zero-order valence-electron chi connectivity index (χ0n) is 13.1. The highest BCUT2D eigenvalue weighted by molar-refractivity contribution is 6.30. The summed E-state index contributed by atoms with van der Waals surface area (Å²) in [6.07, 6.45) is 5.28. The third-order valence-electron chi connectivity index (χ3n) is 4.89. The number of rotatable bonds is 5. The van der Waals surface area contributed by atoms with E-state index in [1.165, 1.54) is 44.5 Å². The summed E-state index contributed by atoms with van der Waals surface area (Å²) < 4.78 is 0. The van der Waals surface area contributed by atoms with E-state index < -0.39 is 0 Å². The second-order valence-electron chi connectivity index (χ2n) is 6.63. The predicted molar refractivity (Wildman–Crippen MR) is 90.1 cm³/mol. The molecule has 2 aliphatic heterocycles. The summed E-state index contributed by atoms with van der Waals surface area (Å²) in [5, 5.41) is 0.749. The van der Waals surface area contributed by atoms with Crippen LogP contribution in [-0.2, 0) is 11.2 Å². The number of hydrogen-bond donors (Lipinski definition) is 0. The van der Waals surface area contributed by atoms with Gasteiger partial charge in [-0.25, -0.2) is 0 Å². The van der Waals surface area contributed by atoms with Crippen LogP contribution in [0.5, 0.6) is 0 Å². The van der Waals surface area contributed by atoms with E-state index in [9.17, 15) is 4.79 Å². The first-order chi connectivity index (χ1) is 10.7. The fourth-order valence-corrected chi connectivity index (χ4v) is 3.72. The van der Waals surface area contributed by atoms with Gasteiger partial charge in [0, 0.05) is 31.1 Å². The number of amides is 1. The summed E-state index contributed by atoms with van der Waals surface area (Å²) in [5.41, 5.74) is 1.19. The van der Waals surface area contributed by atoms with E-state index in [2.05, 4.69) is 9.80 Å². The van der Waals surface area contributed by atoms with E-state index in [0.717, 1.165) is 24.5 Å². The lowest BCUT2D eigenvalue weighted by Gasteiger charge is -2.20. The molecule has 4 heteroatoms. The van der Waals surface area contributed by atoms with E-state index in [1.807, 2.05) is 24.3 Å². The molecule has 2 saturated heterocycles. The molecule has 3 rings (SSSR count). The van der Waals surface area contributed by atoms with Gasteiger partial charge in [0.15, 0.2) is 0 Å². The molecule has 1 aromatic carbocycles. The highest BCUT2D eigenvalue weighted by atomic mass is 35.5. The maximum absolute atomic E-state index is 12.4. The van der Waals surface area contributed by atoms with E-state index >= 15 is 0 Å². The highest BCUT2D eigenvalue weighted by Crippen LogP contribution is 2.21. The van der Waals surface area contributed by atoms with Crippen LogP contribution in [0.3, 0.4) is 0 Å². The topological polar surface area (TPSA) is 23.6 Å². The van der Waals surface area contributed by atoms with Gasteiger partial charge in [0.25, 0.3) is 0 Å². The number of carbonyl (C=O) groups excluding carboxylic acids is 1. The van der Waals surface area contributed by atoms with Crippen molar-refractivity contribution in [3.05, 3.63) is 34.9 Å². The molecule has 0 bridgehead atoms. The van der Waals surface area contributed by atoms with Gasteiger partial charge in [0.05, 0.1) is 0 Å². The molecule has 1 aromatic rings. The van der Waals surface area contributed by atoms with Crippen LogP contribution >= 0.6 is 11.6 Å². The minimum Gasteiger partial charge on any atom is -0.342 e. The maximum Gasteiger partial charge on any atom is 0.222 e. The number of halogens is 1. The van der Waals surface area contributed by atoms with Crippen molar-refractivity contribution < 1.29 is 4.79 Å². The van der Waals surface area contributed by atoms with E-state index in [4.69, 9.17) is 11.6 Å². The van der Waals surface area contributed by atoms with Crippen molar-refractivity contribution in [2.24, 2.45) is 5.92 Å². The molecule has 1 atom stereocenters. The van der Waals surface area contributed by atoms with Crippen LogP contribution in [0.2, 0.25) is 5.02 Å². The van der Waals surface area contributed by atoms with Crippen LogP contribution < -0.4 is 0 Å². The SMILES string of the molecule is O=C(CCc1ccc(Cl)cc1)N1CCC(CN2CCCC2)C1. The molecular weight excluding hydrogens is 296 g/mol. The Hall–Kier alpha value is -1.06. The second-order valence-corrected chi connectivity index (χ2v) is 7.07. The van der Waals surface area contributed by atoms with Gasteiger partial charge in [0.2, 0.25) is 5.91 Å². The van der Waals surface area contributed by atoms with Crippen LogP contribution in [0.4, 0.5) is 0 Å². The molecule has 3 nitrogen and oxygen atoms in total. The van der Waals surface area contributed by atoms with Crippen LogP contribution in [-0.4, -0.2) is 48.4 Å². The highest BCUT2D eigenvalue weighted by Gasteiger charge is 2.27. The van der Waals surface area contributed by atoms with Crippen molar-refractivity contribution in [1.82, 2.24) is 9.80 Å². The first-order valence-corrected chi connectivity index (χ1v) is 8.83. The molecule has 2 fully saturated rings. The van der Waals surface area contributed by atoms with Crippen molar-refractivity contribution in [2.45, 2.75) is 32.1 Å². The second kappa shape index (κ2) is 7.47. The molecule has 2 aliphatic rings. The molecule has 0 aliphatic carbocycles. The third-order valence-corrected chi connectivity index (χ3v) is 5.15. The molecule has 22 heavy (non-hydrogen) atoms. The Morgan fingerprint density at radius 3 is 2.59 bits per heavy atom. The van der Waals surface area contributed by atoms with E-state index in [0.29, 0.717) is 18.2 Å². The number of hydrogen-bond acceptors (Lipinski definition) is 2. The molecule has 2 heterocycles. The molecule has 0 radical (unpaired) electrons. The zero-order valence-corrected chi connectivity index (χ0v) is 13.9. The summed E-state index contributed by atoms with van der Waals surface area (Å²) >= 11 is 5.88. The van der Waals surface area contributed by atoms with E-state index in [1.54, 1.807) is 0 Å². The van der Waals surface area contributed by atoms with Crippen molar-refractivity contribution in [3.63, 3.8) is 0 Å². The van der Waals surface area contributed by atoms with Crippen molar-refractivity contribution in [2.75, 3.05) is 32.7 Å². The Kier molecular flexibility index (Phi) is 5.37. The molecule has 0 aromatic heterocycles. The van der Waals surface area contributed by atoms with Gasteiger partial charge in [0.1, 0.15) is 0 Å². The quantitative estimate of drug-likeness (QED) is 0.831. The number of likely N-dealkylation sites (tertiary alicyclic amines) is 2. The molecule has 120 valence electrons. The van der Waals surface area contributed by atoms with Crippen molar-refractivity contribution >= 4 is 17.5 Å². The van der Waals surface area contributed by atoms with Crippen LogP contribution in [0.25, 0.3) is 0 Å². The minimum absolute atomic E-state index is 0.305. The first-order valence-electron chi connectivity index (χ1n) is 8.45. The molecule has 0 saturated carbocycles. The van der Waals surface area contributed by atoms with Crippen LogP contribution in [0, 0.1) is 5.92 Å². The Balaban J connectivity index is 1.42. The van der Waals surface area contributed by atoms with Gasteiger partial charge in [-0.2, -0.15) is 0 Å². The monoisotopic (exact) mass is 320 g/mol. The average molecular weight is 321 g/mol. The largest absolute Gasteiger partial charge is 0.342 e. The Morgan fingerprint density at radius 1 is 1.14 bits per heavy atom. The van der Waals surface area contributed by atoms with Gasteiger partial charge in [-0.05, 0) is 62.4 Å². The Labute approximate surface area is 138 Å². The van der Waals surface area contributed by atoms with Gasteiger partial charge < -0.3 is 9.80 Å². The fraction of sp³-hybridized carbons (Fsp3) is 0.611. The minimum atomic E-state index is 0.305. The number of nitrogens with zero attached hydrogens (tertiary/aromatic N) is 2. The van der Waals surface area contributed by atoms with Gasteiger partial charge in [-0.1, -0.05) is 23.7 Å². The van der Waals surface area contributed by atoms with Gasteiger partial charge in [-0.3, -0.25) is 4.79 Å². The standard InChI is InChI=1S/C18H25ClN2O/c19-17-6-3-15(4-7-17)5-8-18(22)21-12-9-16(14-21)13-20-10-1-2-11-20/h3-4,6-7,16H,1-2,5,8-14H2. The van der Waals surface area contributed by atoms with E-state index in [-0.39, 0.29) is 0 Å². The van der Waals surface area contributed by atoms with Crippen LogP contribution in [0.1, 0.15) is 31.2 Å². The Morgan fingerprint density at radius 2 is 1.86 bits per heavy atom. The molecule has 0 spiro atoms. The van der Waals surface area contributed by atoms with Crippen molar-refractivity contribution in [3.8, 4) is 0 Å². The average Bonchev–Trinajstić information content (AvgIpc) is 3.19. The molecule has 1 unspecified atom stereocenters. The predicted octanol–water partition coefficient (Wildman–Crippen LogP) is 3.22. The fourth-order valence-electron chi connectivity index (χ4n) is 3.60. The third kappa shape index (κ3) is 4.23. The Bertz CT molecular complexity index is 496. The smallest absolute Gasteiger partial charge is 0.222 e. The molecule has 1 amide bonds. The van der Waals surface area contributed by atoms with Crippen LogP contribution in [0.15, 0.2) is 24.3 Å². The summed E-state index contributed by atoms with van der Waals surface area (Å²) in [4.78, 5) is 17.0. The number of aryl methyl sites for hydroxylation is 1. The molecular formula is C18H25ClN2O. The zero-order chi connectivity index (χ0) is 15.4. The number of benzene rings is 1. The normalized spacial score (nSPS) is 22.4. The summed E-state index contributed by atoms with van der Waals surface area (Å²) in [5.74, 6) is 0.983. The lowest BCUT2D eigenvalue weighted by Crippen LogP contribution is -2.32. The lowest BCUT2D eigenvalue weighted by atomic mass is 10.1. The summed E-state index contributed by atoms with van der Waals surface area (Å²) in [7, 11) is 0. The summed E-state index contributed by atoms with van der Waals surface area (Å²) in [6, 6.07) is 7.80. The molecule has 0 N–H and O–H groups in total. The lowest BCUT2D eigenvalue weighted by molar-refractivity contribution is -0.130. The van der Waals surface area contributed by atoms with Crippen molar-refractivity contribution in [1.29, 1.82) is 0 Å².